The number of nitrogens with zero attached hydrogens (tertiary/aromatic N) is 3. The summed E-state index contributed by atoms with van der Waals surface area (Å²) >= 11 is 0. The highest BCUT2D eigenvalue weighted by molar-refractivity contribution is 5.50. The van der Waals surface area contributed by atoms with E-state index in [9.17, 15) is 0 Å². The van der Waals surface area contributed by atoms with E-state index in [0.717, 1.165) is 43.4 Å². The lowest BCUT2D eigenvalue weighted by Gasteiger charge is -2.31. The van der Waals surface area contributed by atoms with Gasteiger partial charge < -0.3 is 15.0 Å². The predicted molar refractivity (Wildman–Crippen MR) is 84.5 cm³/mol. The Morgan fingerprint density at radius 2 is 1.95 bits per heavy atom. The maximum Gasteiger partial charge on any atom is 0.134 e. The van der Waals surface area contributed by atoms with Gasteiger partial charge >= 0.3 is 0 Å². The van der Waals surface area contributed by atoms with Crippen LogP contribution in [0.25, 0.3) is 0 Å². The number of hydrogen-bond acceptors (Lipinski definition) is 5. The fourth-order valence-electron chi connectivity index (χ4n) is 2.37. The molecule has 0 fully saturated rings. The van der Waals surface area contributed by atoms with Gasteiger partial charge in [-0.1, -0.05) is 13.8 Å². The first-order valence-corrected chi connectivity index (χ1v) is 7.51. The molecule has 0 bridgehead atoms. The molecule has 20 heavy (non-hydrogen) atoms. The molecule has 0 atom stereocenters. The van der Waals surface area contributed by atoms with E-state index in [2.05, 4.69) is 41.0 Å². The summed E-state index contributed by atoms with van der Waals surface area (Å²) in [6.45, 7) is 10.9. The highest BCUT2D eigenvalue weighted by Crippen LogP contribution is 2.21. The number of methoxy groups -OCH3 is 1. The first kappa shape index (κ1) is 16.7. The van der Waals surface area contributed by atoms with Gasteiger partial charge in [0.05, 0.1) is 6.61 Å². The Morgan fingerprint density at radius 1 is 1.25 bits per heavy atom. The van der Waals surface area contributed by atoms with Gasteiger partial charge in [-0.2, -0.15) is 0 Å². The van der Waals surface area contributed by atoms with Crippen molar-refractivity contribution in [2.75, 3.05) is 37.0 Å². The van der Waals surface area contributed by atoms with Crippen molar-refractivity contribution in [3.63, 3.8) is 0 Å². The minimum Gasteiger partial charge on any atom is -0.383 e. The van der Waals surface area contributed by atoms with E-state index in [-0.39, 0.29) is 0 Å². The normalized spacial score (nSPS) is 10.9. The molecule has 0 amide bonds. The van der Waals surface area contributed by atoms with Crippen molar-refractivity contribution in [1.29, 1.82) is 0 Å². The average molecular weight is 280 g/mol. The van der Waals surface area contributed by atoms with Gasteiger partial charge in [0.15, 0.2) is 0 Å². The monoisotopic (exact) mass is 280 g/mol. The molecule has 0 unspecified atom stereocenters. The van der Waals surface area contributed by atoms with Gasteiger partial charge in [-0.05, 0) is 26.7 Å². The molecule has 0 aliphatic carbocycles. The average Bonchev–Trinajstić information content (AvgIpc) is 2.43. The van der Waals surface area contributed by atoms with Crippen molar-refractivity contribution >= 4 is 11.6 Å². The Labute approximate surface area is 122 Å². The molecular formula is C15H28N4O. The summed E-state index contributed by atoms with van der Waals surface area (Å²) in [6.07, 6.45) is 2.19. The SMILES string of the molecule is CCNc1cc(N(CCOC)C(CC)CC)nc(C)n1. The van der Waals surface area contributed by atoms with Gasteiger partial charge in [-0.25, -0.2) is 9.97 Å². The van der Waals surface area contributed by atoms with Crippen LogP contribution >= 0.6 is 0 Å². The van der Waals surface area contributed by atoms with Crippen LogP contribution in [0.4, 0.5) is 11.6 Å². The van der Waals surface area contributed by atoms with Crippen molar-refractivity contribution in [2.24, 2.45) is 0 Å². The zero-order valence-corrected chi connectivity index (χ0v) is 13.4. The molecule has 1 N–H and O–H groups in total. The smallest absolute Gasteiger partial charge is 0.134 e. The van der Waals surface area contributed by atoms with E-state index in [1.807, 2.05) is 13.0 Å². The molecule has 1 rings (SSSR count). The maximum absolute atomic E-state index is 5.24. The first-order valence-electron chi connectivity index (χ1n) is 7.51. The molecule has 0 saturated carbocycles. The summed E-state index contributed by atoms with van der Waals surface area (Å²) in [6, 6.07) is 2.51. The number of aromatic nitrogens is 2. The molecule has 0 aliphatic heterocycles. The number of aryl methyl sites for hydroxylation is 1. The van der Waals surface area contributed by atoms with E-state index >= 15 is 0 Å². The second-order valence-electron chi connectivity index (χ2n) is 4.85. The Balaban J connectivity index is 3.04. The van der Waals surface area contributed by atoms with Gasteiger partial charge in [-0.3, -0.25) is 0 Å². The first-order chi connectivity index (χ1) is 9.65. The number of nitrogens with one attached hydrogen (secondary N) is 1. The van der Waals surface area contributed by atoms with Crippen LogP contribution in [-0.4, -0.2) is 42.8 Å². The van der Waals surface area contributed by atoms with Gasteiger partial charge in [0.2, 0.25) is 0 Å². The molecular weight excluding hydrogens is 252 g/mol. The molecule has 1 heterocycles. The van der Waals surface area contributed by atoms with Crippen LogP contribution in [0.15, 0.2) is 6.07 Å². The van der Waals surface area contributed by atoms with E-state index < -0.39 is 0 Å². The molecule has 0 saturated heterocycles. The van der Waals surface area contributed by atoms with Crippen LogP contribution in [0.3, 0.4) is 0 Å². The maximum atomic E-state index is 5.24. The number of hydrogen-bond donors (Lipinski definition) is 1. The Kier molecular flexibility index (Phi) is 7.30. The zero-order chi connectivity index (χ0) is 15.0. The van der Waals surface area contributed by atoms with Crippen LogP contribution in [0.5, 0.6) is 0 Å². The van der Waals surface area contributed by atoms with Crippen molar-refractivity contribution in [3.8, 4) is 0 Å². The van der Waals surface area contributed by atoms with Crippen molar-refractivity contribution in [2.45, 2.75) is 46.6 Å². The fourth-order valence-corrected chi connectivity index (χ4v) is 2.37. The summed E-state index contributed by atoms with van der Waals surface area (Å²) in [5, 5.41) is 3.27. The fraction of sp³-hybridized carbons (Fsp3) is 0.733. The van der Waals surface area contributed by atoms with Crippen LogP contribution in [0.2, 0.25) is 0 Å². The Bertz CT molecular complexity index is 393. The minimum atomic E-state index is 0.480. The summed E-state index contributed by atoms with van der Waals surface area (Å²) in [5.74, 6) is 2.68. The molecule has 5 nitrogen and oxygen atoms in total. The van der Waals surface area contributed by atoms with E-state index in [1.54, 1.807) is 7.11 Å². The van der Waals surface area contributed by atoms with Crippen LogP contribution in [0.1, 0.15) is 39.4 Å². The number of anilines is 2. The van der Waals surface area contributed by atoms with Gasteiger partial charge in [-0.15, -0.1) is 0 Å². The highest BCUT2D eigenvalue weighted by Gasteiger charge is 2.18. The van der Waals surface area contributed by atoms with Gasteiger partial charge in [0.1, 0.15) is 17.5 Å². The van der Waals surface area contributed by atoms with Crippen molar-refractivity contribution < 1.29 is 4.74 Å². The Hall–Kier alpha value is -1.36. The van der Waals surface area contributed by atoms with Crippen molar-refractivity contribution in [3.05, 3.63) is 11.9 Å². The van der Waals surface area contributed by atoms with Crippen LogP contribution in [-0.2, 0) is 4.74 Å². The van der Waals surface area contributed by atoms with E-state index in [4.69, 9.17) is 4.74 Å². The predicted octanol–water partition coefficient (Wildman–Crippen LogP) is 2.86. The summed E-state index contributed by atoms with van der Waals surface area (Å²) in [5.41, 5.74) is 0. The molecule has 0 aliphatic rings. The van der Waals surface area contributed by atoms with Crippen molar-refractivity contribution in [1.82, 2.24) is 9.97 Å². The van der Waals surface area contributed by atoms with E-state index in [0.29, 0.717) is 12.6 Å². The largest absolute Gasteiger partial charge is 0.383 e. The molecule has 0 radical (unpaired) electrons. The molecule has 1 aromatic rings. The number of ether oxygens (including phenoxy) is 1. The topological polar surface area (TPSA) is 50.3 Å². The third-order valence-electron chi connectivity index (χ3n) is 3.40. The van der Waals surface area contributed by atoms with Crippen LogP contribution in [0, 0.1) is 6.92 Å². The number of rotatable bonds is 9. The zero-order valence-electron chi connectivity index (χ0n) is 13.4. The lowest BCUT2D eigenvalue weighted by molar-refractivity contribution is 0.202. The lowest BCUT2D eigenvalue weighted by Crippen LogP contribution is -2.38. The molecule has 5 heteroatoms. The van der Waals surface area contributed by atoms with Crippen LogP contribution < -0.4 is 10.2 Å². The third kappa shape index (κ3) is 4.63. The quantitative estimate of drug-likeness (QED) is 0.754. The Morgan fingerprint density at radius 3 is 2.50 bits per heavy atom. The molecule has 0 aromatic carbocycles. The molecule has 0 spiro atoms. The molecule has 114 valence electrons. The van der Waals surface area contributed by atoms with Gasteiger partial charge in [0.25, 0.3) is 0 Å². The van der Waals surface area contributed by atoms with E-state index in [1.165, 1.54) is 0 Å². The lowest BCUT2D eigenvalue weighted by atomic mass is 10.1. The standard InChI is InChI=1S/C15H28N4O/c1-6-13(7-2)19(9-10-20-5)15-11-14(16-8-3)17-12(4)18-15/h11,13H,6-10H2,1-5H3,(H,16,17,18). The second kappa shape index (κ2) is 8.74. The second-order valence-corrected chi connectivity index (χ2v) is 4.85. The summed E-state index contributed by atoms with van der Waals surface area (Å²) in [7, 11) is 1.74. The highest BCUT2D eigenvalue weighted by atomic mass is 16.5. The minimum absolute atomic E-state index is 0.480. The van der Waals surface area contributed by atoms with Gasteiger partial charge in [0, 0.05) is 32.3 Å². The molecule has 1 aromatic heterocycles. The summed E-state index contributed by atoms with van der Waals surface area (Å²) < 4.78 is 5.24. The third-order valence-corrected chi connectivity index (χ3v) is 3.40. The summed E-state index contributed by atoms with van der Waals surface area (Å²) in [4.78, 5) is 11.4.